The van der Waals surface area contributed by atoms with Crippen LogP contribution in [0.2, 0.25) is 5.02 Å². The fourth-order valence-electron chi connectivity index (χ4n) is 5.09. The van der Waals surface area contributed by atoms with Gasteiger partial charge in [-0.25, -0.2) is 9.78 Å². The zero-order valence-corrected chi connectivity index (χ0v) is 21.5. The number of fused-ring (bicyclic) bond motifs is 2. The molecule has 0 spiro atoms. The first-order valence-electron chi connectivity index (χ1n) is 11.8. The predicted octanol–water partition coefficient (Wildman–Crippen LogP) is 5.41. The van der Waals surface area contributed by atoms with Crippen LogP contribution in [0.3, 0.4) is 0 Å². The van der Waals surface area contributed by atoms with Crippen molar-refractivity contribution in [3.05, 3.63) is 69.6 Å². The maximum absolute atomic E-state index is 11.3. The third kappa shape index (κ3) is 4.01. The molecule has 0 radical (unpaired) electrons. The number of nitrogens with zero attached hydrogens (tertiary/aromatic N) is 4. The van der Waals surface area contributed by atoms with E-state index in [9.17, 15) is 9.90 Å². The number of aryl methyl sites for hydroxylation is 1. The zero-order valence-electron chi connectivity index (χ0n) is 19.9. The van der Waals surface area contributed by atoms with Crippen molar-refractivity contribution < 1.29 is 19.4 Å². The zero-order chi connectivity index (χ0) is 25.0. The number of imidazole rings is 1. The number of carboxylic acids is 1. The van der Waals surface area contributed by atoms with Gasteiger partial charge in [-0.3, -0.25) is 9.88 Å². The van der Waals surface area contributed by atoms with Gasteiger partial charge in [-0.2, -0.15) is 0 Å². The molecule has 0 saturated carbocycles. The Bertz CT molecular complexity index is 1460. The van der Waals surface area contributed by atoms with E-state index >= 15 is 0 Å². The predicted molar refractivity (Wildman–Crippen MR) is 137 cm³/mol. The van der Waals surface area contributed by atoms with Gasteiger partial charge in [0.1, 0.15) is 21.2 Å². The van der Waals surface area contributed by atoms with Crippen molar-refractivity contribution in [1.29, 1.82) is 0 Å². The van der Waals surface area contributed by atoms with E-state index in [0.29, 0.717) is 21.5 Å². The minimum Gasteiger partial charge on any atom is -0.477 e. The average Bonchev–Trinajstić information content (AvgIpc) is 3.52. The van der Waals surface area contributed by atoms with E-state index in [1.54, 1.807) is 18.3 Å². The smallest absolute Gasteiger partial charge is 0.346 e. The van der Waals surface area contributed by atoms with Crippen molar-refractivity contribution in [2.24, 2.45) is 7.05 Å². The summed E-state index contributed by atoms with van der Waals surface area (Å²) in [4.78, 5) is 23.9. The first-order valence-corrected chi connectivity index (χ1v) is 13.0. The van der Waals surface area contributed by atoms with Crippen molar-refractivity contribution in [3.8, 4) is 11.5 Å². The van der Waals surface area contributed by atoms with Crippen LogP contribution in [-0.2, 0) is 19.4 Å². The summed E-state index contributed by atoms with van der Waals surface area (Å²) in [5.74, 6) is 0.957. The molecule has 1 fully saturated rings. The molecule has 186 valence electrons. The normalized spacial score (nSPS) is 20.3. The molecule has 1 N–H and O–H groups in total. The van der Waals surface area contributed by atoms with E-state index in [-0.39, 0.29) is 0 Å². The van der Waals surface area contributed by atoms with Crippen molar-refractivity contribution in [1.82, 2.24) is 19.4 Å². The second kappa shape index (κ2) is 8.76. The largest absolute Gasteiger partial charge is 0.477 e. The maximum Gasteiger partial charge on any atom is 0.346 e. The molecule has 5 heterocycles. The van der Waals surface area contributed by atoms with Crippen molar-refractivity contribution in [2.75, 3.05) is 13.1 Å². The molecule has 3 aromatic heterocycles. The van der Waals surface area contributed by atoms with Crippen LogP contribution in [0.25, 0.3) is 10.3 Å². The lowest BCUT2D eigenvalue weighted by Gasteiger charge is -2.32. The number of aromatic nitrogens is 3. The summed E-state index contributed by atoms with van der Waals surface area (Å²) < 4.78 is 14.6. The fourth-order valence-corrected chi connectivity index (χ4v) is 6.12. The molecular weight excluding hydrogens is 500 g/mol. The van der Waals surface area contributed by atoms with Gasteiger partial charge >= 0.3 is 5.97 Å². The number of hydrogen-bond donors (Lipinski definition) is 1. The molecule has 0 bridgehead atoms. The molecule has 8 nitrogen and oxygen atoms in total. The number of likely N-dealkylation sites (tertiary alicyclic amines) is 1. The highest BCUT2D eigenvalue weighted by Gasteiger charge is 2.42. The summed E-state index contributed by atoms with van der Waals surface area (Å²) in [5.41, 5.74) is 2.72. The molecule has 1 saturated heterocycles. The Morgan fingerprint density at radius 3 is 2.75 bits per heavy atom. The number of halogens is 1. The molecule has 1 aromatic carbocycles. The van der Waals surface area contributed by atoms with E-state index in [1.807, 2.05) is 36.7 Å². The lowest BCUT2D eigenvalue weighted by molar-refractivity contribution is -0.0722. The van der Waals surface area contributed by atoms with Gasteiger partial charge in [0.05, 0.1) is 17.1 Å². The Morgan fingerprint density at radius 1 is 1.25 bits per heavy atom. The van der Waals surface area contributed by atoms with Gasteiger partial charge in [-0.05, 0) is 56.1 Å². The quantitative estimate of drug-likeness (QED) is 0.373. The summed E-state index contributed by atoms with van der Waals surface area (Å²) in [5, 5.41) is 9.81. The number of pyridine rings is 1. The summed E-state index contributed by atoms with van der Waals surface area (Å²) in [6, 6.07) is 11.4. The topological polar surface area (TPSA) is 89.7 Å². The summed E-state index contributed by atoms with van der Waals surface area (Å²) in [7, 11) is 1.95. The maximum atomic E-state index is 11.3. The average molecular weight is 525 g/mol. The Hall–Kier alpha value is -3.14. The van der Waals surface area contributed by atoms with Crippen LogP contribution in [0.15, 0.2) is 42.6 Å². The number of carboxylic acid groups (broad SMARTS) is 1. The second-order valence-electron chi connectivity index (χ2n) is 9.43. The number of para-hydroxylation sites is 1. The number of hydrogen-bond acceptors (Lipinski definition) is 7. The Kier molecular flexibility index (Phi) is 5.66. The van der Waals surface area contributed by atoms with E-state index in [2.05, 4.69) is 16.0 Å². The first-order chi connectivity index (χ1) is 17.3. The van der Waals surface area contributed by atoms with Gasteiger partial charge < -0.3 is 19.1 Å². The Morgan fingerprint density at radius 2 is 2.06 bits per heavy atom. The monoisotopic (exact) mass is 524 g/mol. The Balaban J connectivity index is 1.15. The van der Waals surface area contributed by atoms with Crippen LogP contribution < -0.4 is 9.47 Å². The highest BCUT2D eigenvalue weighted by atomic mass is 35.5. The molecule has 0 unspecified atom stereocenters. The third-order valence-corrected chi connectivity index (χ3v) is 8.31. The minimum absolute atomic E-state index is 0.319. The fraction of sp³-hybridized carbons (Fsp3) is 0.346. The minimum atomic E-state index is -0.991. The highest BCUT2D eigenvalue weighted by Crippen LogP contribution is 2.49. The van der Waals surface area contributed by atoms with E-state index in [4.69, 9.17) is 26.1 Å². The number of aromatic carboxylic acids is 1. The van der Waals surface area contributed by atoms with E-state index in [1.165, 1.54) is 16.9 Å². The van der Waals surface area contributed by atoms with Gasteiger partial charge in [0, 0.05) is 25.7 Å². The van der Waals surface area contributed by atoms with Crippen LogP contribution in [0.4, 0.5) is 0 Å². The van der Waals surface area contributed by atoms with Crippen LogP contribution >= 0.6 is 22.9 Å². The second-order valence-corrected chi connectivity index (χ2v) is 10.9. The molecule has 4 aromatic rings. The van der Waals surface area contributed by atoms with Gasteiger partial charge in [-0.1, -0.05) is 23.7 Å². The highest BCUT2D eigenvalue weighted by molar-refractivity contribution is 7.20. The molecule has 1 atom stereocenters. The van der Waals surface area contributed by atoms with Crippen molar-refractivity contribution in [3.63, 3.8) is 0 Å². The molecular formula is C26H25ClN4O4S. The standard InChI is InChI=1S/C26H25ClN4O4S/c1-26(21-7-6-16(27)13-28-21)34-19-5-3-4-17(23(19)35-26)15-8-10-31(11-9-15)14-22-29-24-18(30(22)2)12-20(36-24)25(32)33/h3-7,12-13,15H,8-11,14H2,1-2H3,(H,32,33)/t26-/m1/s1. The SMILES string of the molecule is Cn1c(CN2CCC(c3cccc4c3O[C@](C)(c3ccc(Cl)cn3)O4)CC2)nc2sc(C(=O)O)cc21. The number of rotatable bonds is 5. The molecule has 0 aliphatic carbocycles. The lowest BCUT2D eigenvalue weighted by Crippen LogP contribution is -2.34. The lowest BCUT2D eigenvalue weighted by atomic mass is 9.88. The number of benzene rings is 1. The van der Waals surface area contributed by atoms with Crippen LogP contribution in [-0.4, -0.2) is 43.6 Å². The Labute approximate surface area is 217 Å². The summed E-state index contributed by atoms with van der Waals surface area (Å²) in [6.07, 6.45) is 3.60. The molecule has 2 aliphatic heterocycles. The third-order valence-electron chi connectivity index (χ3n) is 7.08. The van der Waals surface area contributed by atoms with Gasteiger partial charge in [0.25, 0.3) is 5.79 Å². The molecule has 10 heteroatoms. The van der Waals surface area contributed by atoms with Crippen LogP contribution in [0, 0.1) is 0 Å². The van der Waals surface area contributed by atoms with Gasteiger partial charge in [0.15, 0.2) is 11.5 Å². The first kappa shape index (κ1) is 23.3. The molecule has 6 rings (SSSR count). The number of ether oxygens (including phenoxy) is 2. The number of carbonyl (C=O) groups is 1. The number of thiophene rings is 1. The van der Waals surface area contributed by atoms with Crippen molar-refractivity contribution >= 4 is 39.3 Å². The van der Waals surface area contributed by atoms with E-state index in [0.717, 1.165) is 60.1 Å². The summed E-state index contributed by atoms with van der Waals surface area (Å²) >= 11 is 7.23. The molecule has 2 aliphatic rings. The number of piperidine rings is 1. The van der Waals surface area contributed by atoms with Gasteiger partial charge in [-0.15, -0.1) is 11.3 Å². The summed E-state index contributed by atoms with van der Waals surface area (Å²) in [6.45, 7) is 4.49. The van der Waals surface area contributed by atoms with Crippen molar-refractivity contribution in [2.45, 2.75) is 38.0 Å². The molecule has 36 heavy (non-hydrogen) atoms. The van der Waals surface area contributed by atoms with E-state index < -0.39 is 11.8 Å². The molecule has 0 amide bonds. The van der Waals surface area contributed by atoms with Gasteiger partial charge in [0.2, 0.25) is 0 Å². The van der Waals surface area contributed by atoms with Crippen LogP contribution in [0.1, 0.15) is 52.4 Å². The van der Waals surface area contributed by atoms with Crippen LogP contribution in [0.5, 0.6) is 11.5 Å².